The maximum absolute atomic E-state index is 12.4. The summed E-state index contributed by atoms with van der Waals surface area (Å²) in [4.78, 5) is 12.4. The molecule has 1 amide bonds. The molecule has 1 N–H and O–H groups in total. The van der Waals surface area contributed by atoms with Gasteiger partial charge in [-0.1, -0.05) is 59.8 Å². The van der Waals surface area contributed by atoms with Gasteiger partial charge in [0.1, 0.15) is 5.82 Å². The summed E-state index contributed by atoms with van der Waals surface area (Å²) in [7, 11) is 0. The van der Waals surface area contributed by atoms with Gasteiger partial charge in [0.2, 0.25) is 5.91 Å². The topological polar surface area (TPSA) is 59.8 Å². The number of amides is 1. The molecule has 1 heterocycles. The minimum Gasteiger partial charge on any atom is -0.325 e. The van der Waals surface area contributed by atoms with Gasteiger partial charge in [0.25, 0.3) is 0 Å². The Bertz CT molecular complexity index is 1010. The second kappa shape index (κ2) is 8.41. The van der Waals surface area contributed by atoms with Crippen molar-refractivity contribution in [3.63, 3.8) is 0 Å². The lowest BCUT2D eigenvalue weighted by Gasteiger charge is -2.09. The number of hydrogen-bond donors (Lipinski definition) is 1. The van der Waals surface area contributed by atoms with E-state index in [-0.39, 0.29) is 5.91 Å². The average molecular weight is 407 g/mol. The smallest absolute Gasteiger partial charge is 0.234 e. The molecule has 0 bridgehead atoms. The number of nitrogens with zero attached hydrogens (tertiary/aromatic N) is 3. The van der Waals surface area contributed by atoms with E-state index in [2.05, 4.69) is 58.2 Å². The molecule has 1 aliphatic carbocycles. The third-order valence-electron chi connectivity index (χ3n) is 5.44. The predicted octanol–water partition coefficient (Wildman–Crippen LogP) is 4.92. The van der Waals surface area contributed by atoms with Crippen molar-refractivity contribution in [2.24, 2.45) is 0 Å². The number of para-hydroxylation sites is 1. The van der Waals surface area contributed by atoms with E-state index >= 15 is 0 Å². The highest BCUT2D eigenvalue weighted by Gasteiger charge is 2.43. The van der Waals surface area contributed by atoms with Gasteiger partial charge >= 0.3 is 0 Å². The Balaban J connectivity index is 1.40. The minimum atomic E-state index is -0.0274. The third-order valence-corrected chi connectivity index (χ3v) is 6.41. The minimum absolute atomic E-state index is 0.0274. The molecule has 0 aliphatic heterocycles. The second-order valence-corrected chi connectivity index (χ2v) is 8.54. The molecule has 6 heteroatoms. The van der Waals surface area contributed by atoms with Crippen LogP contribution in [0.3, 0.4) is 0 Å². The van der Waals surface area contributed by atoms with Crippen LogP contribution >= 0.6 is 11.8 Å². The molecule has 1 aliphatic rings. The zero-order valence-corrected chi connectivity index (χ0v) is 17.9. The van der Waals surface area contributed by atoms with Gasteiger partial charge in [-0.2, -0.15) is 0 Å². The number of hydrogen-bond acceptors (Lipinski definition) is 4. The van der Waals surface area contributed by atoms with Gasteiger partial charge in [0, 0.05) is 18.2 Å². The van der Waals surface area contributed by atoms with Crippen LogP contribution in [-0.4, -0.2) is 26.4 Å². The van der Waals surface area contributed by atoms with E-state index < -0.39 is 0 Å². The molecule has 2 aromatic carbocycles. The van der Waals surface area contributed by atoms with E-state index in [4.69, 9.17) is 0 Å². The first-order valence-electron chi connectivity index (χ1n) is 10.0. The Labute approximate surface area is 175 Å². The van der Waals surface area contributed by atoms with Crippen LogP contribution in [0.2, 0.25) is 0 Å². The summed E-state index contributed by atoms with van der Waals surface area (Å²) < 4.78 is 2.16. The summed E-state index contributed by atoms with van der Waals surface area (Å²) in [5.41, 5.74) is 4.57. The molecule has 0 radical (unpaired) electrons. The van der Waals surface area contributed by atoms with Crippen molar-refractivity contribution in [1.29, 1.82) is 0 Å². The summed E-state index contributed by atoms with van der Waals surface area (Å²) in [6.45, 7) is 7.01. The van der Waals surface area contributed by atoms with Crippen LogP contribution in [0.25, 0.3) is 0 Å². The summed E-state index contributed by atoms with van der Waals surface area (Å²) in [6, 6.07) is 16.6. The predicted molar refractivity (Wildman–Crippen MR) is 118 cm³/mol. The van der Waals surface area contributed by atoms with Crippen LogP contribution in [0.4, 0.5) is 5.69 Å². The van der Waals surface area contributed by atoms with Crippen molar-refractivity contribution in [1.82, 2.24) is 14.8 Å². The van der Waals surface area contributed by atoms with Crippen molar-refractivity contribution in [2.75, 3.05) is 11.1 Å². The lowest BCUT2D eigenvalue weighted by Crippen LogP contribution is -2.15. The van der Waals surface area contributed by atoms with Crippen molar-refractivity contribution in [2.45, 2.75) is 50.7 Å². The molecule has 1 aromatic heterocycles. The highest BCUT2D eigenvalue weighted by atomic mass is 32.2. The zero-order chi connectivity index (χ0) is 20.4. The first-order valence-corrected chi connectivity index (χ1v) is 11.0. The van der Waals surface area contributed by atoms with Crippen LogP contribution < -0.4 is 5.32 Å². The molecule has 29 heavy (non-hydrogen) atoms. The normalized spacial score (nSPS) is 17.9. The van der Waals surface area contributed by atoms with E-state index in [1.165, 1.54) is 22.9 Å². The number of thioether (sulfide) groups is 1. The maximum atomic E-state index is 12.4. The highest BCUT2D eigenvalue weighted by molar-refractivity contribution is 7.99. The van der Waals surface area contributed by atoms with Crippen LogP contribution in [0, 0.1) is 13.8 Å². The number of anilines is 1. The fourth-order valence-electron chi connectivity index (χ4n) is 3.67. The van der Waals surface area contributed by atoms with Gasteiger partial charge in [-0.05, 0) is 50.3 Å². The van der Waals surface area contributed by atoms with Crippen molar-refractivity contribution < 1.29 is 4.79 Å². The van der Waals surface area contributed by atoms with Crippen molar-refractivity contribution >= 4 is 23.4 Å². The number of benzene rings is 2. The first kappa shape index (κ1) is 19.7. The Morgan fingerprint density at radius 3 is 2.59 bits per heavy atom. The Kier molecular flexibility index (Phi) is 5.72. The molecular formula is C23H26N4OS. The molecule has 4 rings (SSSR count). The van der Waals surface area contributed by atoms with Crippen LogP contribution in [-0.2, 0) is 11.3 Å². The third kappa shape index (κ3) is 4.37. The van der Waals surface area contributed by atoms with Crippen molar-refractivity contribution in [3.05, 3.63) is 71.0 Å². The zero-order valence-electron chi connectivity index (χ0n) is 17.1. The molecule has 150 valence electrons. The van der Waals surface area contributed by atoms with Gasteiger partial charge < -0.3 is 9.88 Å². The van der Waals surface area contributed by atoms with E-state index in [0.717, 1.165) is 35.2 Å². The summed E-state index contributed by atoms with van der Waals surface area (Å²) in [6.07, 6.45) is 1.11. The standard InChI is InChI=1S/C23H26N4OS/c1-4-27-22(19-13-18(19)17-11-9-15(2)10-12-17)25-26-23(27)29-14-21(28)24-20-8-6-5-7-16(20)3/h5-12,18-19H,4,13-14H2,1-3H3,(H,24,28)/t18-,19+/m0/s1. The van der Waals surface area contributed by atoms with Crippen molar-refractivity contribution in [3.8, 4) is 0 Å². The monoisotopic (exact) mass is 406 g/mol. The fourth-order valence-corrected chi connectivity index (χ4v) is 4.48. The van der Waals surface area contributed by atoms with Gasteiger partial charge in [-0.15, -0.1) is 10.2 Å². The highest BCUT2D eigenvalue weighted by Crippen LogP contribution is 2.54. The van der Waals surface area contributed by atoms with Crippen LogP contribution in [0.15, 0.2) is 53.7 Å². The molecule has 3 aromatic rings. The van der Waals surface area contributed by atoms with Gasteiger partial charge in [-0.3, -0.25) is 4.79 Å². The van der Waals surface area contributed by atoms with E-state index in [1.54, 1.807) is 0 Å². The quantitative estimate of drug-likeness (QED) is 0.566. The number of rotatable bonds is 7. The molecular weight excluding hydrogens is 380 g/mol. The molecule has 1 saturated carbocycles. The summed E-state index contributed by atoms with van der Waals surface area (Å²) in [5.74, 6) is 2.27. The first-order chi connectivity index (χ1) is 14.1. The largest absolute Gasteiger partial charge is 0.325 e. The molecule has 0 saturated heterocycles. The number of carbonyl (C=O) groups excluding carboxylic acids is 1. The molecule has 0 spiro atoms. The number of aryl methyl sites for hydroxylation is 2. The number of aromatic nitrogens is 3. The molecule has 5 nitrogen and oxygen atoms in total. The maximum Gasteiger partial charge on any atom is 0.234 e. The molecule has 1 fully saturated rings. The van der Waals surface area contributed by atoms with E-state index in [0.29, 0.717) is 17.6 Å². The van der Waals surface area contributed by atoms with Gasteiger partial charge in [0.05, 0.1) is 5.75 Å². The summed E-state index contributed by atoms with van der Waals surface area (Å²) >= 11 is 1.45. The van der Waals surface area contributed by atoms with Gasteiger partial charge in [0.15, 0.2) is 5.16 Å². The second-order valence-electron chi connectivity index (χ2n) is 7.60. The Morgan fingerprint density at radius 2 is 1.86 bits per heavy atom. The van der Waals surface area contributed by atoms with Crippen LogP contribution in [0.1, 0.15) is 47.7 Å². The van der Waals surface area contributed by atoms with E-state index in [9.17, 15) is 4.79 Å². The van der Waals surface area contributed by atoms with Crippen LogP contribution in [0.5, 0.6) is 0 Å². The number of carbonyl (C=O) groups is 1. The average Bonchev–Trinajstić information content (AvgIpc) is 3.40. The molecule has 2 atom stereocenters. The van der Waals surface area contributed by atoms with E-state index in [1.807, 2.05) is 31.2 Å². The summed E-state index contributed by atoms with van der Waals surface area (Å²) in [5, 5.41) is 12.7. The fraction of sp³-hybridized carbons (Fsp3) is 0.348. The lowest BCUT2D eigenvalue weighted by molar-refractivity contribution is -0.113. The number of nitrogens with one attached hydrogen (secondary N) is 1. The van der Waals surface area contributed by atoms with Gasteiger partial charge in [-0.25, -0.2) is 0 Å². The molecule has 0 unspecified atom stereocenters. The Hall–Kier alpha value is -2.60. The SMILES string of the molecule is CCn1c(SCC(=O)Nc2ccccc2C)nnc1[C@@H]1C[C@H]1c1ccc(C)cc1. The Morgan fingerprint density at radius 1 is 1.10 bits per heavy atom. The lowest BCUT2D eigenvalue weighted by atomic mass is 10.1.